The molecule has 4 rings (SSSR count). The zero-order valence-corrected chi connectivity index (χ0v) is 15.3. The number of carbonyl (C=O) groups is 3. The summed E-state index contributed by atoms with van der Waals surface area (Å²) in [4.78, 5) is 40.9. The molecule has 0 aromatic heterocycles. The summed E-state index contributed by atoms with van der Waals surface area (Å²) in [5.74, 6) is -1.01. The third-order valence-electron chi connectivity index (χ3n) is 5.48. The number of para-hydroxylation sites is 1. The minimum atomic E-state index is -0.735. The average Bonchev–Trinajstić information content (AvgIpc) is 2.75. The summed E-state index contributed by atoms with van der Waals surface area (Å²) in [6.07, 6.45) is 0. The van der Waals surface area contributed by atoms with Crippen LogP contribution in [-0.2, 0) is 19.8 Å². The van der Waals surface area contributed by atoms with E-state index in [0.717, 1.165) is 16.7 Å². The van der Waals surface area contributed by atoms with Gasteiger partial charge in [0.05, 0.1) is 11.5 Å². The van der Waals surface area contributed by atoms with Gasteiger partial charge in [0.1, 0.15) is 13.1 Å². The maximum atomic E-state index is 13.3. The lowest BCUT2D eigenvalue weighted by atomic mass is 9.73. The standard InChI is InChI=1S/C21H21N3O3/c1-21(2)15-9-5-3-7-13(15)19-14-8-4-6-10-16(14)23(11-17(22)25)18(26)12-24(19)20(21)27/h3-10,19H,11-12H2,1-2H3,(H2,22,25). The minimum absolute atomic E-state index is 0.0940. The summed E-state index contributed by atoms with van der Waals surface area (Å²) in [5.41, 5.74) is 8.04. The average molecular weight is 363 g/mol. The molecule has 0 aliphatic carbocycles. The number of carbonyl (C=O) groups excluding carboxylic acids is 3. The lowest BCUT2D eigenvalue weighted by Crippen LogP contribution is -2.52. The van der Waals surface area contributed by atoms with E-state index in [4.69, 9.17) is 5.73 Å². The summed E-state index contributed by atoms with van der Waals surface area (Å²) in [6.45, 7) is 3.46. The van der Waals surface area contributed by atoms with Crippen molar-refractivity contribution < 1.29 is 14.4 Å². The van der Waals surface area contributed by atoms with E-state index in [-0.39, 0.29) is 30.9 Å². The van der Waals surface area contributed by atoms with Crippen LogP contribution in [0.1, 0.15) is 36.6 Å². The fourth-order valence-corrected chi connectivity index (χ4v) is 4.22. The van der Waals surface area contributed by atoms with Crippen molar-refractivity contribution in [3.05, 3.63) is 65.2 Å². The molecule has 6 nitrogen and oxygen atoms in total. The summed E-state index contributed by atoms with van der Waals surface area (Å²) < 4.78 is 0. The van der Waals surface area contributed by atoms with Crippen LogP contribution in [0, 0.1) is 0 Å². The molecule has 1 atom stereocenters. The number of primary amides is 1. The molecule has 3 amide bonds. The number of hydrogen-bond acceptors (Lipinski definition) is 3. The van der Waals surface area contributed by atoms with Crippen LogP contribution in [0.2, 0.25) is 0 Å². The SMILES string of the molecule is CC1(C)C(=O)N2CC(=O)N(CC(N)=O)c3ccccc3C2c2ccccc21. The number of amides is 3. The van der Waals surface area contributed by atoms with E-state index in [0.29, 0.717) is 5.69 Å². The topological polar surface area (TPSA) is 83.7 Å². The third kappa shape index (κ3) is 2.51. The third-order valence-corrected chi connectivity index (χ3v) is 5.48. The molecule has 2 aliphatic rings. The Morgan fingerprint density at radius 1 is 1.07 bits per heavy atom. The Hall–Kier alpha value is -3.15. The molecule has 2 aromatic carbocycles. The summed E-state index contributed by atoms with van der Waals surface area (Å²) in [6, 6.07) is 14.9. The van der Waals surface area contributed by atoms with Crippen molar-refractivity contribution in [3.8, 4) is 0 Å². The highest BCUT2D eigenvalue weighted by atomic mass is 16.2. The number of rotatable bonds is 2. The van der Waals surface area contributed by atoms with E-state index in [1.165, 1.54) is 4.90 Å². The highest BCUT2D eigenvalue weighted by Crippen LogP contribution is 2.46. The van der Waals surface area contributed by atoms with Crippen molar-refractivity contribution >= 4 is 23.4 Å². The Kier molecular flexibility index (Phi) is 3.80. The molecule has 2 aromatic rings. The van der Waals surface area contributed by atoms with Crippen LogP contribution in [0.5, 0.6) is 0 Å². The number of fused-ring (bicyclic) bond motifs is 5. The minimum Gasteiger partial charge on any atom is -0.368 e. The number of nitrogens with zero attached hydrogens (tertiary/aromatic N) is 2. The van der Waals surface area contributed by atoms with Gasteiger partial charge in [0.25, 0.3) is 0 Å². The fraction of sp³-hybridized carbons (Fsp3) is 0.286. The fourth-order valence-electron chi connectivity index (χ4n) is 4.22. The lowest BCUT2D eigenvalue weighted by molar-refractivity contribution is -0.142. The number of anilines is 1. The molecule has 27 heavy (non-hydrogen) atoms. The van der Waals surface area contributed by atoms with E-state index < -0.39 is 11.3 Å². The molecule has 0 fully saturated rings. The van der Waals surface area contributed by atoms with Crippen molar-refractivity contribution in [1.82, 2.24) is 4.90 Å². The van der Waals surface area contributed by atoms with Crippen LogP contribution in [0.3, 0.4) is 0 Å². The molecule has 0 saturated carbocycles. The van der Waals surface area contributed by atoms with E-state index in [2.05, 4.69) is 0 Å². The first-order valence-electron chi connectivity index (χ1n) is 8.90. The number of benzene rings is 2. The van der Waals surface area contributed by atoms with Gasteiger partial charge < -0.3 is 15.5 Å². The molecular formula is C21H21N3O3. The van der Waals surface area contributed by atoms with Gasteiger partial charge in [0, 0.05) is 11.3 Å². The number of nitrogens with two attached hydrogens (primary N) is 1. The lowest BCUT2D eigenvalue weighted by Gasteiger charge is -2.43. The largest absolute Gasteiger partial charge is 0.368 e. The number of hydrogen-bond donors (Lipinski definition) is 1. The predicted molar refractivity (Wildman–Crippen MR) is 101 cm³/mol. The molecule has 2 heterocycles. The van der Waals surface area contributed by atoms with E-state index in [1.54, 1.807) is 11.0 Å². The molecule has 138 valence electrons. The first-order chi connectivity index (χ1) is 12.8. The van der Waals surface area contributed by atoms with Crippen molar-refractivity contribution in [2.45, 2.75) is 25.3 Å². The van der Waals surface area contributed by atoms with Gasteiger partial charge in [-0.3, -0.25) is 14.4 Å². The zero-order chi connectivity index (χ0) is 19.3. The summed E-state index contributed by atoms with van der Waals surface area (Å²) >= 11 is 0. The monoisotopic (exact) mass is 363 g/mol. The highest BCUT2D eigenvalue weighted by Gasteiger charge is 2.48. The Balaban J connectivity index is 1.99. The van der Waals surface area contributed by atoms with Gasteiger partial charge in [-0.15, -0.1) is 0 Å². The summed E-state index contributed by atoms with van der Waals surface area (Å²) in [7, 11) is 0. The van der Waals surface area contributed by atoms with Gasteiger partial charge in [-0.1, -0.05) is 42.5 Å². The van der Waals surface area contributed by atoms with Crippen LogP contribution in [0.25, 0.3) is 0 Å². The smallest absolute Gasteiger partial charge is 0.247 e. The first kappa shape index (κ1) is 17.3. The molecule has 0 spiro atoms. The molecular weight excluding hydrogens is 342 g/mol. The van der Waals surface area contributed by atoms with Gasteiger partial charge in [0.15, 0.2) is 0 Å². The van der Waals surface area contributed by atoms with Crippen molar-refractivity contribution in [1.29, 1.82) is 0 Å². The molecule has 6 heteroatoms. The Labute approximate surface area is 157 Å². The molecule has 1 unspecified atom stereocenters. The van der Waals surface area contributed by atoms with Gasteiger partial charge in [-0.25, -0.2) is 0 Å². The molecule has 0 bridgehead atoms. The van der Waals surface area contributed by atoms with Crippen LogP contribution in [0.15, 0.2) is 48.5 Å². The van der Waals surface area contributed by atoms with Gasteiger partial charge >= 0.3 is 0 Å². The first-order valence-corrected chi connectivity index (χ1v) is 8.90. The maximum absolute atomic E-state index is 13.3. The van der Waals surface area contributed by atoms with Crippen LogP contribution in [-0.4, -0.2) is 35.7 Å². The Morgan fingerprint density at radius 3 is 2.41 bits per heavy atom. The Bertz CT molecular complexity index is 967. The molecule has 0 saturated heterocycles. The van der Waals surface area contributed by atoms with Crippen molar-refractivity contribution in [2.24, 2.45) is 5.73 Å². The Morgan fingerprint density at radius 2 is 1.70 bits per heavy atom. The maximum Gasteiger partial charge on any atom is 0.247 e. The molecule has 0 radical (unpaired) electrons. The van der Waals surface area contributed by atoms with Crippen LogP contribution >= 0.6 is 0 Å². The van der Waals surface area contributed by atoms with Crippen LogP contribution in [0.4, 0.5) is 5.69 Å². The molecule has 2 aliphatic heterocycles. The zero-order valence-electron chi connectivity index (χ0n) is 15.3. The second kappa shape index (κ2) is 5.94. The van der Waals surface area contributed by atoms with E-state index >= 15 is 0 Å². The van der Waals surface area contributed by atoms with Crippen molar-refractivity contribution in [2.75, 3.05) is 18.0 Å². The predicted octanol–water partition coefficient (Wildman–Crippen LogP) is 1.73. The summed E-state index contributed by atoms with van der Waals surface area (Å²) in [5, 5.41) is 0. The van der Waals surface area contributed by atoms with Crippen LogP contribution < -0.4 is 10.6 Å². The quantitative estimate of drug-likeness (QED) is 0.882. The van der Waals surface area contributed by atoms with Gasteiger partial charge in [0.2, 0.25) is 17.7 Å². The second-order valence-corrected chi connectivity index (χ2v) is 7.55. The normalized spacial score (nSPS) is 20.4. The highest BCUT2D eigenvalue weighted by molar-refractivity contribution is 6.04. The molecule has 2 N–H and O–H groups in total. The van der Waals surface area contributed by atoms with Gasteiger partial charge in [-0.05, 0) is 31.0 Å². The second-order valence-electron chi connectivity index (χ2n) is 7.55. The van der Waals surface area contributed by atoms with Gasteiger partial charge in [-0.2, -0.15) is 0 Å². The van der Waals surface area contributed by atoms with E-state index in [9.17, 15) is 14.4 Å². The van der Waals surface area contributed by atoms with Crippen molar-refractivity contribution in [3.63, 3.8) is 0 Å². The van der Waals surface area contributed by atoms with E-state index in [1.807, 2.05) is 56.3 Å².